The topological polar surface area (TPSA) is 55.1 Å². The number of amides is 1. The van der Waals surface area contributed by atoms with Gasteiger partial charge >= 0.3 is 6.18 Å². The molecule has 0 radical (unpaired) electrons. The van der Waals surface area contributed by atoms with Crippen LogP contribution in [0.2, 0.25) is 5.02 Å². The van der Waals surface area contributed by atoms with Crippen LogP contribution in [-0.2, 0) is 6.18 Å². The van der Waals surface area contributed by atoms with Crippen LogP contribution in [0.5, 0.6) is 0 Å². The number of benzene rings is 1. The summed E-state index contributed by atoms with van der Waals surface area (Å²) in [5.41, 5.74) is -0.519. The average Bonchev–Trinajstić information content (AvgIpc) is 2.70. The maximum Gasteiger partial charge on any atom is 0.416 e. The van der Waals surface area contributed by atoms with Gasteiger partial charge in [-0.1, -0.05) is 16.8 Å². The highest BCUT2D eigenvalue weighted by atomic mass is 35.5. The number of halogens is 4. The summed E-state index contributed by atoms with van der Waals surface area (Å²) in [7, 11) is 0. The molecule has 1 aromatic carbocycles. The van der Waals surface area contributed by atoms with Gasteiger partial charge in [0.25, 0.3) is 5.91 Å². The van der Waals surface area contributed by atoms with Crippen LogP contribution in [0.25, 0.3) is 0 Å². The highest BCUT2D eigenvalue weighted by Gasteiger charge is 2.31. The molecular formula is C13H10ClF3N2O2. The van der Waals surface area contributed by atoms with Gasteiger partial charge in [-0.05, 0) is 32.0 Å². The lowest BCUT2D eigenvalue weighted by Crippen LogP contribution is -2.15. The Balaban J connectivity index is 2.34. The third-order valence-corrected chi connectivity index (χ3v) is 3.13. The molecule has 0 saturated carbocycles. The minimum absolute atomic E-state index is 0.00288. The van der Waals surface area contributed by atoms with E-state index < -0.39 is 17.6 Å². The minimum atomic E-state index is -4.52. The zero-order valence-corrected chi connectivity index (χ0v) is 11.8. The van der Waals surface area contributed by atoms with Crippen LogP contribution in [0.15, 0.2) is 22.7 Å². The van der Waals surface area contributed by atoms with Crippen molar-refractivity contribution in [2.45, 2.75) is 20.0 Å². The molecule has 0 aliphatic heterocycles. The first-order chi connectivity index (χ1) is 9.70. The molecule has 2 aromatic rings. The molecule has 0 fully saturated rings. The SMILES string of the molecule is Cc1noc(C)c1C(=O)Nc1cc(C(F)(F)F)ccc1Cl. The first kappa shape index (κ1) is 15.4. The molecule has 0 atom stereocenters. The summed E-state index contributed by atoms with van der Waals surface area (Å²) >= 11 is 5.81. The summed E-state index contributed by atoms with van der Waals surface area (Å²) in [5, 5.41) is 5.95. The fourth-order valence-corrected chi connectivity index (χ4v) is 1.95. The van der Waals surface area contributed by atoms with Crippen molar-refractivity contribution in [3.63, 3.8) is 0 Å². The van der Waals surface area contributed by atoms with Crippen molar-refractivity contribution in [2.24, 2.45) is 0 Å². The number of nitrogens with zero attached hydrogens (tertiary/aromatic N) is 1. The van der Waals surface area contributed by atoms with Crippen LogP contribution in [0.1, 0.15) is 27.4 Å². The van der Waals surface area contributed by atoms with Crippen LogP contribution in [0.4, 0.5) is 18.9 Å². The monoisotopic (exact) mass is 318 g/mol. The lowest BCUT2D eigenvalue weighted by Gasteiger charge is -2.11. The maximum atomic E-state index is 12.7. The van der Waals surface area contributed by atoms with Crippen LogP contribution in [0, 0.1) is 13.8 Å². The van der Waals surface area contributed by atoms with Gasteiger partial charge in [0.1, 0.15) is 11.3 Å². The molecule has 1 aromatic heterocycles. The first-order valence-corrected chi connectivity index (χ1v) is 6.19. The Labute approximate surface area is 122 Å². The highest BCUT2D eigenvalue weighted by molar-refractivity contribution is 6.34. The van der Waals surface area contributed by atoms with E-state index in [-0.39, 0.29) is 22.0 Å². The van der Waals surface area contributed by atoms with Gasteiger partial charge in [-0.3, -0.25) is 4.79 Å². The van der Waals surface area contributed by atoms with Gasteiger partial charge in [-0.2, -0.15) is 13.2 Å². The van der Waals surface area contributed by atoms with Crippen molar-refractivity contribution in [2.75, 3.05) is 5.32 Å². The number of aryl methyl sites for hydroxylation is 2. The first-order valence-electron chi connectivity index (χ1n) is 5.81. The molecule has 0 aliphatic carbocycles. The average molecular weight is 319 g/mol. The lowest BCUT2D eigenvalue weighted by molar-refractivity contribution is -0.137. The van der Waals surface area contributed by atoms with Crippen molar-refractivity contribution < 1.29 is 22.5 Å². The zero-order valence-electron chi connectivity index (χ0n) is 11.0. The largest absolute Gasteiger partial charge is 0.416 e. The molecule has 21 heavy (non-hydrogen) atoms. The number of rotatable bonds is 2. The quantitative estimate of drug-likeness (QED) is 0.902. The number of carbonyl (C=O) groups is 1. The van der Waals surface area contributed by atoms with Gasteiger partial charge in [-0.25, -0.2) is 0 Å². The molecule has 8 heteroatoms. The van der Waals surface area contributed by atoms with Crippen LogP contribution in [-0.4, -0.2) is 11.1 Å². The standard InChI is InChI=1S/C13H10ClF3N2O2/c1-6-11(7(2)21-19-6)12(20)18-10-5-8(13(15,16)17)3-4-9(10)14/h3-5H,1-2H3,(H,18,20). The number of aromatic nitrogens is 1. The van der Waals surface area contributed by atoms with Crippen molar-refractivity contribution in [1.29, 1.82) is 0 Å². The molecule has 112 valence electrons. The molecule has 0 saturated heterocycles. The smallest absolute Gasteiger partial charge is 0.361 e. The van der Waals surface area contributed by atoms with Gasteiger partial charge in [-0.15, -0.1) is 0 Å². The Bertz CT molecular complexity index is 676. The van der Waals surface area contributed by atoms with E-state index in [9.17, 15) is 18.0 Å². The predicted molar refractivity (Wildman–Crippen MR) is 70.4 cm³/mol. The third kappa shape index (κ3) is 3.18. The van der Waals surface area contributed by atoms with Crippen LogP contribution >= 0.6 is 11.6 Å². The van der Waals surface area contributed by atoms with E-state index in [0.29, 0.717) is 5.69 Å². The van der Waals surface area contributed by atoms with Crippen LogP contribution < -0.4 is 5.32 Å². The molecule has 0 aliphatic rings. The number of alkyl halides is 3. The van der Waals surface area contributed by atoms with Gasteiger partial charge in [0.15, 0.2) is 0 Å². The van der Waals surface area contributed by atoms with E-state index >= 15 is 0 Å². The molecule has 4 nitrogen and oxygen atoms in total. The van der Waals surface area contributed by atoms with Crippen molar-refractivity contribution in [3.05, 3.63) is 45.8 Å². The molecule has 1 amide bonds. The molecule has 1 N–H and O–H groups in total. The molecule has 2 rings (SSSR count). The Morgan fingerprint density at radius 2 is 2.00 bits per heavy atom. The number of anilines is 1. The van der Waals surface area contributed by atoms with E-state index in [2.05, 4.69) is 10.5 Å². The lowest BCUT2D eigenvalue weighted by atomic mass is 10.1. The fraction of sp³-hybridized carbons (Fsp3) is 0.231. The van der Waals surface area contributed by atoms with E-state index in [4.69, 9.17) is 16.1 Å². The van der Waals surface area contributed by atoms with E-state index in [1.807, 2.05) is 0 Å². The summed E-state index contributed by atoms with van der Waals surface area (Å²) in [6.45, 7) is 3.09. The predicted octanol–water partition coefficient (Wildman–Crippen LogP) is 4.22. The summed E-state index contributed by atoms with van der Waals surface area (Å²) < 4.78 is 42.8. The Morgan fingerprint density at radius 3 is 2.52 bits per heavy atom. The van der Waals surface area contributed by atoms with Gasteiger partial charge in [0.2, 0.25) is 0 Å². The number of hydrogen-bond acceptors (Lipinski definition) is 3. The van der Waals surface area contributed by atoms with Gasteiger partial charge < -0.3 is 9.84 Å². The molecule has 0 unspecified atom stereocenters. The summed E-state index contributed by atoms with van der Waals surface area (Å²) in [6.07, 6.45) is -4.52. The second-order valence-electron chi connectivity index (χ2n) is 4.35. The minimum Gasteiger partial charge on any atom is -0.361 e. The molecular weight excluding hydrogens is 309 g/mol. The second-order valence-corrected chi connectivity index (χ2v) is 4.75. The van der Waals surface area contributed by atoms with Crippen LogP contribution in [0.3, 0.4) is 0 Å². The van der Waals surface area contributed by atoms with Crippen molar-refractivity contribution in [3.8, 4) is 0 Å². The number of nitrogens with one attached hydrogen (secondary N) is 1. The maximum absolute atomic E-state index is 12.7. The Kier molecular flexibility index (Phi) is 3.95. The third-order valence-electron chi connectivity index (χ3n) is 2.80. The molecule has 0 spiro atoms. The Hall–Kier alpha value is -2.02. The Morgan fingerprint density at radius 1 is 1.33 bits per heavy atom. The van der Waals surface area contributed by atoms with Gasteiger partial charge in [0.05, 0.1) is 22.0 Å². The number of hydrogen-bond donors (Lipinski definition) is 1. The van der Waals surface area contributed by atoms with E-state index in [1.54, 1.807) is 6.92 Å². The second kappa shape index (κ2) is 5.40. The van der Waals surface area contributed by atoms with Gasteiger partial charge in [0, 0.05) is 0 Å². The summed E-state index contributed by atoms with van der Waals surface area (Å²) in [6, 6.07) is 2.69. The summed E-state index contributed by atoms with van der Waals surface area (Å²) in [4.78, 5) is 12.1. The van der Waals surface area contributed by atoms with E-state index in [1.165, 1.54) is 6.92 Å². The molecule has 0 bridgehead atoms. The fourth-order valence-electron chi connectivity index (χ4n) is 1.79. The zero-order chi connectivity index (χ0) is 15.8. The highest BCUT2D eigenvalue weighted by Crippen LogP contribution is 2.34. The van der Waals surface area contributed by atoms with E-state index in [0.717, 1.165) is 18.2 Å². The number of carbonyl (C=O) groups excluding carboxylic acids is 1. The van der Waals surface area contributed by atoms with Crippen molar-refractivity contribution in [1.82, 2.24) is 5.16 Å². The molecule has 1 heterocycles. The summed E-state index contributed by atoms with van der Waals surface area (Å²) in [5.74, 6) is -0.361. The van der Waals surface area contributed by atoms with Crippen molar-refractivity contribution >= 4 is 23.2 Å². The normalized spacial score (nSPS) is 11.5.